The van der Waals surface area contributed by atoms with Crippen LogP contribution in [0, 0.1) is 15.9 Å². The number of rotatable bonds is 4. The van der Waals surface area contributed by atoms with E-state index < -0.39 is 16.6 Å². The van der Waals surface area contributed by atoms with Gasteiger partial charge in [0, 0.05) is 12.1 Å². The van der Waals surface area contributed by atoms with Crippen molar-refractivity contribution in [3.8, 4) is 0 Å². The number of nitrogens with zero attached hydrogens (tertiary/aromatic N) is 1. The number of benzene rings is 2. The number of halogens is 1. The summed E-state index contributed by atoms with van der Waals surface area (Å²) in [7, 11) is 0. The van der Waals surface area contributed by atoms with Crippen LogP contribution in [-0.2, 0) is 4.79 Å². The molecule has 0 aliphatic rings. The fourth-order valence-corrected chi connectivity index (χ4v) is 1.70. The Kier molecular flexibility index (Phi) is 4.40. The van der Waals surface area contributed by atoms with Crippen molar-refractivity contribution in [2.75, 3.05) is 5.32 Å². The molecule has 2 aromatic carbocycles. The number of nitrogens with one attached hydrogen (secondary N) is 1. The number of carbonyl (C=O) groups is 1. The molecule has 5 nitrogen and oxygen atoms in total. The van der Waals surface area contributed by atoms with Crippen LogP contribution in [0.2, 0.25) is 0 Å². The van der Waals surface area contributed by atoms with Crippen molar-refractivity contribution < 1.29 is 14.1 Å². The molecule has 6 heteroatoms. The lowest BCUT2D eigenvalue weighted by atomic mass is 10.1. The van der Waals surface area contributed by atoms with E-state index in [9.17, 15) is 19.3 Å². The number of amides is 1. The van der Waals surface area contributed by atoms with Gasteiger partial charge in [-0.05, 0) is 24.3 Å². The second kappa shape index (κ2) is 6.42. The molecule has 0 heterocycles. The van der Waals surface area contributed by atoms with Crippen molar-refractivity contribution in [2.45, 2.75) is 0 Å². The largest absolute Gasteiger partial charge is 0.320 e. The zero-order chi connectivity index (χ0) is 15.2. The van der Waals surface area contributed by atoms with Crippen LogP contribution in [0.5, 0.6) is 0 Å². The molecule has 1 N–H and O–H groups in total. The van der Waals surface area contributed by atoms with Crippen molar-refractivity contribution in [3.05, 3.63) is 76.1 Å². The summed E-state index contributed by atoms with van der Waals surface area (Å²) in [5, 5.41) is 13.2. The van der Waals surface area contributed by atoms with Crippen LogP contribution in [-0.4, -0.2) is 10.8 Å². The summed E-state index contributed by atoms with van der Waals surface area (Å²) in [5.74, 6) is -1.12. The van der Waals surface area contributed by atoms with E-state index >= 15 is 0 Å². The monoisotopic (exact) mass is 286 g/mol. The van der Waals surface area contributed by atoms with Crippen molar-refractivity contribution in [1.29, 1.82) is 0 Å². The molecule has 0 atom stereocenters. The molecule has 2 rings (SSSR count). The smallest absolute Gasteiger partial charge is 0.276 e. The average molecular weight is 286 g/mol. The second-order valence-corrected chi connectivity index (χ2v) is 4.12. The van der Waals surface area contributed by atoms with Gasteiger partial charge in [-0.25, -0.2) is 4.39 Å². The summed E-state index contributed by atoms with van der Waals surface area (Å²) in [4.78, 5) is 22.0. The van der Waals surface area contributed by atoms with Crippen LogP contribution in [0.15, 0.2) is 54.6 Å². The second-order valence-electron chi connectivity index (χ2n) is 4.12. The Hall–Kier alpha value is -3.02. The molecule has 2 aromatic rings. The number of nitro benzene ring substituents is 1. The molecule has 0 spiro atoms. The highest BCUT2D eigenvalue weighted by Gasteiger charge is 2.10. The number of nitro groups is 1. The predicted octanol–water partition coefficient (Wildman–Crippen LogP) is 3.39. The highest BCUT2D eigenvalue weighted by molar-refractivity contribution is 6.02. The molecule has 0 radical (unpaired) electrons. The van der Waals surface area contributed by atoms with Crippen LogP contribution in [0.3, 0.4) is 0 Å². The van der Waals surface area contributed by atoms with E-state index in [1.165, 1.54) is 42.5 Å². The van der Waals surface area contributed by atoms with Gasteiger partial charge in [-0.1, -0.05) is 24.3 Å². The lowest BCUT2D eigenvalue weighted by Crippen LogP contribution is -2.09. The highest BCUT2D eigenvalue weighted by atomic mass is 19.1. The topological polar surface area (TPSA) is 72.2 Å². The summed E-state index contributed by atoms with van der Waals surface area (Å²) in [6.45, 7) is 0. The van der Waals surface area contributed by atoms with Gasteiger partial charge in [-0.2, -0.15) is 0 Å². The zero-order valence-corrected chi connectivity index (χ0v) is 10.8. The van der Waals surface area contributed by atoms with Crippen LogP contribution < -0.4 is 5.32 Å². The molecule has 0 saturated heterocycles. The Bertz CT molecular complexity index is 714. The van der Waals surface area contributed by atoms with Crippen LogP contribution in [0.1, 0.15) is 5.56 Å². The number of para-hydroxylation sites is 2. The van der Waals surface area contributed by atoms with Crippen LogP contribution >= 0.6 is 0 Å². The van der Waals surface area contributed by atoms with E-state index in [4.69, 9.17) is 0 Å². The third kappa shape index (κ3) is 3.73. The Morgan fingerprint density at radius 3 is 2.52 bits per heavy atom. The molecule has 0 unspecified atom stereocenters. The van der Waals surface area contributed by atoms with Gasteiger partial charge in [-0.15, -0.1) is 0 Å². The Labute approximate surface area is 119 Å². The Balaban J connectivity index is 2.13. The summed E-state index contributed by atoms with van der Waals surface area (Å²) in [6.07, 6.45) is 2.43. The summed E-state index contributed by atoms with van der Waals surface area (Å²) in [5.41, 5.74) is 0.244. The van der Waals surface area contributed by atoms with Gasteiger partial charge in [0.1, 0.15) is 5.82 Å². The summed E-state index contributed by atoms with van der Waals surface area (Å²) < 4.78 is 13.4. The van der Waals surface area contributed by atoms with Gasteiger partial charge in [0.2, 0.25) is 5.91 Å². The SMILES string of the molecule is O=C(/C=C/c1ccccc1[N+](=O)[O-])Nc1ccccc1F. The molecule has 0 aliphatic heterocycles. The first kappa shape index (κ1) is 14.4. The van der Waals surface area contributed by atoms with E-state index in [1.807, 2.05) is 0 Å². The summed E-state index contributed by atoms with van der Waals surface area (Å²) >= 11 is 0. The maximum Gasteiger partial charge on any atom is 0.276 e. The standard InChI is InChI=1S/C15H11FN2O3/c16-12-6-2-3-7-13(12)17-15(19)10-9-11-5-1-4-8-14(11)18(20)21/h1-10H,(H,17,19)/b10-9+. The van der Waals surface area contributed by atoms with Crippen molar-refractivity contribution in [1.82, 2.24) is 0 Å². The fraction of sp³-hybridized carbons (Fsp3) is 0. The molecule has 106 valence electrons. The van der Waals surface area contributed by atoms with Crippen LogP contribution in [0.25, 0.3) is 6.08 Å². The first-order valence-electron chi connectivity index (χ1n) is 6.05. The average Bonchev–Trinajstić information content (AvgIpc) is 2.48. The summed E-state index contributed by atoms with van der Waals surface area (Å²) in [6, 6.07) is 11.8. The highest BCUT2D eigenvalue weighted by Crippen LogP contribution is 2.19. The molecule has 0 bridgehead atoms. The third-order valence-corrected chi connectivity index (χ3v) is 2.68. The van der Waals surface area contributed by atoms with Gasteiger partial charge in [0.25, 0.3) is 5.69 Å². The predicted molar refractivity (Wildman–Crippen MR) is 77.2 cm³/mol. The molecular formula is C15H11FN2O3. The van der Waals surface area contributed by atoms with E-state index in [0.29, 0.717) is 5.56 Å². The Morgan fingerprint density at radius 1 is 1.14 bits per heavy atom. The molecule has 0 saturated carbocycles. The first-order valence-corrected chi connectivity index (χ1v) is 6.05. The molecule has 21 heavy (non-hydrogen) atoms. The van der Waals surface area contributed by atoms with Gasteiger partial charge < -0.3 is 5.32 Å². The van der Waals surface area contributed by atoms with Crippen molar-refractivity contribution >= 4 is 23.4 Å². The van der Waals surface area contributed by atoms with Gasteiger partial charge in [0.05, 0.1) is 16.2 Å². The molecule has 0 aromatic heterocycles. The van der Waals surface area contributed by atoms with E-state index in [2.05, 4.69) is 5.32 Å². The first-order chi connectivity index (χ1) is 10.1. The van der Waals surface area contributed by atoms with E-state index in [1.54, 1.807) is 12.1 Å². The molecular weight excluding hydrogens is 275 g/mol. The van der Waals surface area contributed by atoms with Crippen molar-refractivity contribution in [3.63, 3.8) is 0 Å². The lowest BCUT2D eigenvalue weighted by Gasteiger charge is -2.02. The minimum atomic E-state index is -0.571. The molecule has 0 fully saturated rings. The Morgan fingerprint density at radius 2 is 1.81 bits per heavy atom. The van der Waals surface area contributed by atoms with Gasteiger partial charge in [-0.3, -0.25) is 14.9 Å². The molecule has 0 aliphatic carbocycles. The quantitative estimate of drug-likeness (QED) is 0.532. The number of hydrogen-bond acceptors (Lipinski definition) is 3. The van der Waals surface area contributed by atoms with E-state index in [0.717, 1.165) is 6.08 Å². The fourth-order valence-electron chi connectivity index (χ4n) is 1.70. The molecule has 1 amide bonds. The normalized spacial score (nSPS) is 10.5. The minimum Gasteiger partial charge on any atom is -0.320 e. The van der Waals surface area contributed by atoms with Crippen LogP contribution in [0.4, 0.5) is 15.8 Å². The maximum absolute atomic E-state index is 13.4. The van der Waals surface area contributed by atoms with Gasteiger partial charge >= 0.3 is 0 Å². The third-order valence-electron chi connectivity index (χ3n) is 2.68. The zero-order valence-electron chi connectivity index (χ0n) is 10.8. The maximum atomic E-state index is 13.4. The van der Waals surface area contributed by atoms with E-state index in [-0.39, 0.29) is 11.4 Å². The number of carbonyl (C=O) groups excluding carboxylic acids is 1. The number of anilines is 1. The minimum absolute atomic E-state index is 0.0507. The lowest BCUT2D eigenvalue weighted by molar-refractivity contribution is -0.385. The van der Waals surface area contributed by atoms with Crippen molar-refractivity contribution in [2.24, 2.45) is 0 Å². The van der Waals surface area contributed by atoms with Gasteiger partial charge in [0.15, 0.2) is 0 Å². The number of hydrogen-bond donors (Lipinski definition) is 1.